The molecule has 7 heteroatoms. The van der Waals surface area contributed by atoms with Gasteiger partial charge in [0, 0.05) is 0 Å². The van der Waals surface area contributed by atoms with Crippen LogP contribution in [0.5, 0.6) is 0 Å². The average Bonchev–Trinajstić information content (AvgIpc) is 1.14. The van der Waals surface area contributed by atoms with E-state index in [1.807, 2.05) is 0 Å². The van der Waals surface area contributed by atoms with E-state index >= 15 is 0 Å². The van der Waals surface area contributed by atoms with E-state index in [1.54, 1.807) is 0 Å². The number of hydrogen-bond donors (Lipinski definition) is 0. The van der Waals surface area contributed by atoms with Gasteiger partial charge in [-0.15, -0.1) is 0 Å². The van der Waals surface area contributed by atoms with E-state index in [4.69, 9.17) is 0 Å². The molecule has 0 aliphatic heterocycles. The fraction of sp³-hybridized carbons (Fsp3) is 0.667. The van der Waals surface area contributed by atoms with Crippen molar-refractivity contribution in [2.75, 3.05) is 0 Å². The van der Waals surface area contributed by atoms with E-state index in [9.17, 15) is 26.3 Å². The summed E-state index contributed by atoms with van der Waals surface area (Å²) in [5.41, 5.74) is 0. The summed E-state index contributed by atoms with van der Waals surface area (Å²) in [6, 6.07) is 0. The minimum atomic E-state index is -5.27. The zero-order chi connectivity index (χ0) is 7.71. The van der Waals surface area contributed by atoms with Gasteiger partial charge >= 0.3 is 31.2 Å². The van der Waals surface area contributed by atoms with Gasteiger partial charge in [0.05, 0.1) is 0 Å². The van der Waals surface area contributed by atoms with E-state index in [0.717, 1.165) is 0 Å². The molecule has 0 spiro atoms. The Morgan fingerprint density at radius 3 is 0.900 bits per heavy atom. The molecule has 0 fully saturated rings. The monoisotopic (exact) mass is 159 g/mol. The van der Waals surface area contributed by atoms with Gasteiger partial charge in [-0.2, -0.15) is 26.3 Å². The molecule has 0 aromatic carbocycles. The van der Waals surface area contributed by atoms with Crippen molar-refractivity contribution in [3.63, 3.8) is 0 Å². The Morgan fingerprint density at radius 1 is 0.700 bits per heavy atom. The topological polar surface area (TPSA) is 0 Å². The molecule has 0 heterocycles. The molecule has 0 bridgehead atoms. The van der Waals surface area contributed by atoms with E-state index in [2.05, 4.69) is 0 Å². The van der Waals surface area contributed by atoms with Crippen LogP contribution in [0, 0.1) is 6.42 Å². The second-order valence-electron chi connectivity index (χ2n) is 1.23. The third-order valence-electron chi connectivity index (χ3n) is 0.327. The summed E-state index contributed by atoms with van der Waals surface area (Å²) >= 11 is 0. The second-order valence-corrected chi connectivity index (χ2v) is 1.23. The molecule has 57 valence electrons. The molecule has 0 amide bonds. The first-order valence-electron chi connectivity index (χ1n) is 1.71. The summed E-state index contributed by atoms with van der Waals surface area (Å²) < 4.78 is 64.7. The molecule has 1 radical (unpaired) electrons. The van der Waals surface area contributed by atoms with Crippen LogP contribution in [-0.2, 0) is 0 Å². The summed E-state index contributed by atoms with van der Waals surface area (Å²) in [4.78, 5) is 0. The van der Waals surface area contributed by atoms with Crippen LogP contribution >= 0.6 is 0 Å². The Kier molecular flexibility index (Phi) is 4.53. The fourth-order valence-electron chi connectivity index (χ4n) is 0.186. The Balaban J connectivity index is 0. The van der Waals surface area contributed by atoms with Crippen LogP contribution < -0.4 is 0 Å². The molecular weight excluding hydrogens is 157 g/mol. The van der Waals surface area contributed by atoms with Crippen LogP contribution in [0.25, 0.3) is 0 Å². The van der Waals surface area contributed by atoms with Crippen molar-refractivity contribution in [1.82, 2.24) is 0 Å². The van der Waals surface area contributed by atoms with E-state index in [1.165, 1.54) is 0 Å². The van der Waals surface area contributed by atoms with Gasteiger partial charge in [0.2, 0.25) is 0 Å². The van der Waals surface area contributed by atoms with Gasteiger partial charge in [-0.3, -0.25) is 0 Å². The third-order valence-corrected chi connectivity index (χ3v) is 0.327. The van der Waals surface area contributed by atoms with Crippen molar-refractivity contribution in [3.05, 3.63) is 6.42 Å². The van der Waals surface area contributed by atoms with Crippen LogP contribution in [0.15, 0.2) is 0 Å². The molecular formula is C3H2F6Li. The SMILES string of the molecule is FC(F)(F)[CH]C(F)(F)F.[LiH]. The predicted octanol–water partition coefficient (Wildman–Crippen LogP) is 1.67. The van der Waals surface area contributed by atoms with Crippen LogP contribution in [0.4, 0.5) is 26.3 Å². The summed E-state index contributed by atoms with van der Waals surface area (Å²) in [5, 5.41) is 0. The normalized spacial score (nSPS) is 12.6. The molecule has 0 aromatic heterocycles. The summed E-state index contributed by atoms with van der Waals surface area (Å²) in [5.74, 6) is 0. The van der Waals surface area contributed by atoms with Crippen molar-refractivity contribution in [2.24, 2.45) is 0 Å². The Hall–Kier alpha value is 0.177. The van der Waals surface area contributed by atoms with Gasteiger partial charge in [0.15, 0.2) is 6.42 Å². The van der Waals surface area contributed by atoms with Crippen LogP contribution in [0.1, 0.15) is 0 Å². The Bertz CT molecular complexity index is 78.1. The molecule has 0 saturated heterocycles. The van der Waals surface area contributed by atoms with Gasteiger partial charge < -0.3 is 0 Å². The molecule has 0 atom stereocenters. The molecule has 0 nitrogen and oxygen atoms in total. The maximum atomic E-state index is 10.8. The molecule has 10 heavy (non-hydrogen) atoms. The molecule has 0 aliphatic rings. The van der Waals surface area contributed by atoms with Crippen molar-refractivity contribution in [1.29, 1.82) is 0 Å². The standard InChI is InChI=1S/C3HF6.Li.H/c4-2(5,6)1-3(7,8)9;;/h1H;;. The molecule has 0 saturated carbocycles. The van der Waals surface area contributed by atoms with Crippen LogP contribution in [0.2, 0.25) is 0 Å². The second kappa shape index (κ2) is 3.53. The summed E-state index contributed by atoms with van der Waals surface area (Å²) in [7, 11) is 0. The van der Waals surface area contributed by atoms with Crippen molar-refractivity contribution < 1.29 is 26.3 Å². The van der Waals surface area contributed by atoms with Crippen molar-refractivity contribution in [2.45, 2.75) is 12.4 Å². The molecule has 0 aliphatic carbocycles. The molecule has 0 unspecified atom stereocenters. The van der Waals surface area contributed by atoms with Gasteiger partial charge in [0.1, 0.15) is 0 Å². The number of halogens is 6. The van der Waals surface area contributed by atoms with E-state index in [-0.39, 0.29) is 18.9 Å². The van der Waals surface area contributed by atoms with Gasteiger partial charge in [-0.1, -0.05) is 0 Å². The Labute approximate surface area is 64.8 Å². The summed E-state index contributed by atoms with van der Waals surface area (Å²) in [6.07, 6.45) is -12.2. The molecule has 0 aromatic rings. The van der Waals surface area contributed by atoms with Gasteiger partial charge in [0.25, 0.3) is 0 Å². The zero-order valence-corrected chi connectivity index (χ0v) is 3.85. The van der Waals surface area contributed by atoms with Crippen LogP contribution in [-0.4, -0.2) is 31.2 Å². The third kappa shape index (κ3) is 11.0. The first kappa shape index (κ1) is 12.8. The summed E-state index contributed by atoms with van der Waals surface area (Å²) in [6.45, 7) is 0. The number of rotatable bonds is 0. The predicted molar refractivity (Wildman–Crippen MR) is 23.6 cm³/mol. The van der Waals surface area contributed by atoms with Crippen molar-refractivity contribution >= 4 is 18.9 Å². The van der Waals surface area contributed by atoms with Gasteiger partial charge in [-0.05, 0) is 0 Å². The first-order chi connectivity index (χ1) is 3.71. The quantitative estimate of drug-likeness (QED) is 0.372. The van der Waals surface area contributed by atoms with Crippen LogP contribution in [0.3, 0.4) is 0 Å². The number of alkyl halides is 6. The minimum absolute atomic E-state index is 0. The molecule has 0 rings (SSSR count). The van der Waals surface area contributed by atoms with Gasteiger partial charge in [-0.25, -0.2) is 0 Å². The fourth-order valence-corrected chi connectivity index (χ4v) is 0.186. The van der Waals surface area contributed by atoms with E-state index in [0.29, 0.717) is 0 Å². The molecule has 0 N–H and O–H groups in total. The Morgan fingerprint density at radius 2 is 0.900 bits per heavy atom. The van der Waals surface area contributed by atoms with E-state index < -0.39 is 18.8 Å². The first-order valence-corrected chi connectivity index (χ1v) is 1.71. The van der Waals surface area contributed by atoms with Crippen molar-refractivity contribution in [3.8, 4) is 0 Å². The number of hydrogen-bond acceptors (Lipinski definition) is 0. The maximum absolute atomic E-state index is 10.8. The average molecular weight is 159 g/mol. The zero-order valence-electron chi connectivity index (χ0n) is 3.85.